The molecule has 41 heavy (non-hydrogen) atoms. The predicted molar refractivity (Wildman–Crippen MR) is 163 cm³/mol. The molecule has 3 aromatic carbocycles. The number of benzene rings is 3. The lowest BCUT2D eigenvalue weighted by molar-refractivity contribution is 0.138. The Morgan fingerprint density at radius 1 is 1.05 bits per heavy atom. The van der Waals surface area contributed by atoms with E-state index < -0.39 is 0 Å². The zero-order valence-corrected chi connectivity index (χ0v) is 24.2. The van der Waals surface area contributed by atoms with Crippen molar-refractivity contribution in [3.63, 3.8) is 0 Å². The van der Waals surface area contributed by atoms with Gasteiger partial charge in [0.1, 0.15) is 11.9 Å². The van der Waals surface area contributed by atoms with Crippen molar-refractivity contribution in [2.45, 2.75) is 51.7 Å². The van der Waals surface area contributed by atoms with Crippen LogP contribution in [0.25, 0.3) is 10.9 Å². The van der Waals surface area contributed by atoms with Gasteiger partial charge < -0.3 is 16.1 Å². The summed E-state index contributed by atoms with van der Waals surface area (Å²) in [5, 5.41) is 20.3. The second-order valence-electron chi connectivity index (χ2n) is 11.0. The molecule has 0 saturated heterocycles. The van der Waals surface area contributed by atoms with Crippen LogP contribution in [0.4, 0.5) is 15.8 Å². The summed E-state index contributed by atoms with van der Waals surface area (Å²) < 4.78 is 13.8. The van der Waals surface area contributed by atoms with Crippen LogP contribution < -0.4 is 21.6 Å². The molecule has 0 aliphatic carbocycles. The number of rotatable bonds is 8. The van der Waals surface area contributed by atoms with E-state index in [1.54, 1.807) is 18.3 Å². The number of nitrogens with zero attached hydrogens (tertiary/aromatic N) is 3. The van der Waals surface area contributed by atoms with Crippen molar-refractivity contribution in [2.75, 3.05) is 10.6 Å². The molecule has 0 spiro atoms. The van der Waals surface area contributed by atoms with Crippen LogP contribution in [0.3, 0.4) is 0 Å². The Morgan fingerprint density at radius 2 is 1.78 bits per heavy atom. The average molecular weight is 570 g/mol. The van der Waals surface area contributed by atoms with E-state index in [4.69, 9.17) is 11.6 Å². The molecule has 0 amide bonds. The summed E-state index contributed by atoms with van der Waals surface area (Å²) in [5.74, 6) is -0.307. The molecular weight excluding hydrogens is 537 g/mol. The molecule has 0 fully saturated rings. The maximum atomic E-state index is 13.8. The monoisotopic (exact) mass is 569 g/mol. The van der Waals surface area contributed by atoms with E-state index in [9.17, 15) is 9.65 Å². The Kier molecular flexibility index (Phi) is 8.02. The molecule has 4 N–H and O–H groups in total. The van der Waals surface area contributed by atoms with Crippen LogP contribution >= 0.6 is 11.6 Å². The minimum absolute atomic E-state index is 0.0152. The standard InChI is InChI=1S/C32H33ClFN7/c1-5-27(20-9-7-6-8-10-20)38-29-22(17-35)18-36-31-25(29)15-24(16-26(31)33)37-30(21-11-13-23(34)14-12-21)28-19-41(40-39-28)32(2,3)4/h6-16,18-19,27,30,37,39-40H,5H2,1-4H3,(H,36,38)/t27-,30?/m1/s1. The highest BCUT2D eigenvalue weighted by molar-refractivity contribution is 6.35. The SMILES string of the molecule is CC[C@@H](Nc1c(C#N)cnc2c(Cl)cc(NC(C3=CN(C(C)(C)C)NN3)c3ccc(F)cc3)cc12)c1ccccc1. The first kappa shape index (κ1) is 28.2. The maximum absolute atomic E-state index is 13.8. The number of hydrazine groups is 2. The molecule has 1 aliphatic heterocycles. The van der Waals surface area contributed by atoms with Crippen molar-refractivity contribution >= 4 is 33.9 Å². The number of pyridine rings is 1. The first-order valence-electron chi connectivity index (χ1n) is 13.6. The van der Waals surface area contributed by atoms with Crippen molar-refractivity contribution in [3.05, 3.63) is 112 Å². The topological polar surface area (TPSA) is 88.0 Å². The summed E-state index contributed by atoms with van der Waals surface area (Å²) in [6.07, 6.45) is 4.37. The summed E-state index contributed by atoms with van der Waals surface area (Å²) in [6.45, 7) is 8.39. The van der Waals surface area contributed by atoms with Gasteiger partial charge in [-0.05, 0) is 62.6 Å². The molecule has 1 aromatic heterocycles. The van der Waals surface area contributed by atoms with E-state index in [-0.39, 0.29) is 23.4 Å². The summed E-state index contributed by atoms with van der Waals surface area (Å²) in [4.78, 5) is 4.52. The van der Waals surface area contributed by atoms with Crippen LogP contribution in [-0.2, 0) is 0 Å². The van der Waals surface area contributed by atoms with Crippen LogP contribution in [0, 0.1) is 17.1 Å². The van der Waals surface area contributed by atoms with E-state index in [1.165, 1.54) is 12.1 Å². The number of halogens is 2. The highest BCUT2D eigenvalue weighted by atomic mass is 35.5. The lowest BCUT2D eigenvalue weighted by Crippen LogP contribution is -2.47. The Bertz CT molecular complexity index is 1610. The molecule has 1 aliphatic rings. The quantitative estimate of drug-likeness (QED) is 0.174. The molecule has 0 radical (unpaired) electrons. The third kappa shape index (κ3) is 6.07. The maximum Gasteiger partial charge on any atom is 0.123 e. The van der Waals surface area contributed by atoms with Crippen LogP contribution in [-0.4, -0.2) is 15.5 Å². The lowest BCUT2D eigenvalue weighted by Gasteiger charge is -2.30. The van der Waals surface area contributed by atoms with Gasteiger partial charge in [-0.1, -0.05) is 61.0 Å². The van der Waals surface area contributed by atoms with Gasteiger partial charge in [0.05, 0.1) is 39.6 Å². The van der Waals surface area contributed by atoms with Crippen molar-refractivity contribution in [1.29, 1.82) is 5.26 Å². The van der Waals surface area contributed by atoms with Gasteiger partial charge >= 0.3 is 0 Å². The minimum atomic E-state index is -0.361. The summed E-state index contributed by atoms with van der Waals surface area (Å²) in [6, 6.07) is 22.2. The zero-order valence-electron chi connectivity index (χ0n) is 23.5. The van der Waals surface area contributed by atoms with Crippen LogP contribution in [0.15, 0.2) is 84.8 Å². The predicted octanol–water partition coefficient (Wildman–Crippen LogP) is 7.58. The molecule has 9 heteroatoms. The van der Waals surface area contributed by atoms with Gasteiger partial charge in [0.15, 0.2) is 0 Å². The Morgan fingerprint density at radius 3 is 2.41 bits per heavy atom. The first-order chi connectivity index (χ1) is 19.7. The number of nitrogens with one attached hydrogen (secondary N) is 4. The van der Waals surface area contributed by atoms with E-state index in [0.717, 1.165) is 34.3 Å². The van der Waals surface area contributed by atoms with E-state index >= 15 is 0 Å². The smallest absolute Gasteiger partial charge is 0.123 e. The van der Waals surface area contributed by atoms with E-state index in [1.807, 2.05) is 41.5 Å². The molecule has 2 atom stereocenters. The summed E-state index contributed by atoms with van der Waals surface area (Å²) >= 11 is 6.80. The summed E-state index contributed by atoms with van der Waals surface area (Å²) in [5.41, 5.74) is 11.5. The third-order valence-electron chi connectivity index (χ3n) is 7.11. The van der Waals surface area contributed by atoms with Gasteiger partial charge in [-0.2, -0.15) is 5.26 Å². The molecule has 210 valence electrons. The number of nitriles is 1. The van der Waals surface area contributed by atoms with Gasteiger partial charge in [-0.25, -0.2) is 4.39 Å². The molecule has 2 heterocycles. The van der Waals surface area contributed by atoms with Gasteiger partial charge in [0.25, 0.3) is 0 Å². The largest absolute Gasteiger partial charge is 0.377 e. The van der Waals surface area contributed by atoms with E-state index in [0.29, 0.717) is 21.8 Å². The molecule has 1 unspecified atom stereocenters. The second kappa shape index (κ2) is 11.7. The molecule has 0 bridgehead atoms. The normalized spacial score (nSPS) is 14.7. The van der Waals surface area contributed by atoms with E-state index in [2.05, 4.69) is 72.5 Å². The highest BCUT2D eigenvalue weighted by Gasteiger charge is 2.28. The van der Waals surface area contributed by atoms with Crippen molar-refractivity contribution < 1.29 is 4.39 Å². The van der Waals surface area contributed by atoms with Gasteiger partial charge in [0, 0.05) is 29.0 Å². The fourth-order valence-electron chi connectivity index (χ4n) is 4.86. The van der Waals surface area contributed by atoms with Crippen LogP contribution in [0.1, 0.15) is 62.9 Å². The number of fused-ring (bicyclic) bond motifs is 1. The first-order valence-corrected chi connectivity index (χ1v) is 13.9. The van der Waals surface area contributed by atoms with Crippen molar-refractivity contribution in [3.8, 4) is 6.07 Å². The zero-order chi connectivity index (χ0) is 29.1. The van der Waals surface area contributed by atoms with Crippen LogP contribution in [0.2, 0.25) is 5.02 Å². The molecule has 0 saturated carbocycles. The molecule has 4 aromatic rings. The van der Waals surface area contributed by atoms with Gasteiger partial charge in [-0.3, -0.25) is 9.99 Å². The molecule has 5 rings (SSSR count). The number of hydrogen-bond acceptors (Lipinski definition) is 7. The minimum Gasteiger partial charge on any atom is -0.377 e. The molecular formula is C32H33ClFN7. The van der Waals surface area contributed by atoms with Crippen LogP contribution in [0.5, 0.6) is 0 Å². The van der Waals surface area contributed by atoms with Gasteiger partial charge in [-0.15, -0.1) is 5.53 Å². The Labute approximate surface area is 245 Å². The van der Waals surface area contributed by atoms with Gasteiger partial charge in [0.2, 0.25) is 0 Å². The number of hydrogen-bond donors (Lipinski definition) is 4. The number of aromatic nitrogens is 1. The number of anilines is 2. The van der Waals surface area contributed by atoms with Crippen molar-refractivity contribution in [1.82, 2.24) is 21.0 Å². The molecule has 7 nitrogen and oxygen atoms in total. The summed E-state index contributed by atoms with van der Waals surface area (Å²) in [7, 11) is 0. The van der Waals surface area contributed by atoms with Crippen molar-refractivity contribution in [2.24, 2.45) is 0 Å². The fraction of sp³-hybridized carbons (Fsp3) is 0.250. The Hall–Kier alpha value is -4.32. The third-order valence-corrected chi connectivity index (χ3v) is 7.40. The average Bonchev–Trinajstić information content (AvgIpc) is 3.47. The fourth-order valence-corrected chi connectivity index (χ4v) is 5.13. The lowest BCUT2D eigenvalue weighted by atomic mass is 10.0. The highest BCUT2D eigenvalue weighted by Crippen LogP contribution is 2.37. The second-order valence-corrected chi connectivity index (χ2v) is 11.4. The Balaban J connectivity index is 1.58.